The Morgan fingerprint density at radius 2 is 2.04 bits per heavy atom. The van der Waals surface area contributed by atoms with Crippen molar-refractivity contribution in [2.24, 2.45) is 7.05 Å². The summed E-state index contributed by atoms with van der Waals surface area (Å²) in [6.45, 7) is 1.13. The summed E-state index contributed by atoms with van der Waals surface area (Å²) in [6, 6.07) is 8.23. The molecule has 1 aliphatic rings. The van der Waals surface area contributed by atoms with Crippen LogP contribution < -0.4 is 4.72 Å². The van der Waals surface area contributed by atoms with Gasteiger partial charge in [-0.15, -0.1) is 0 Å². The third kappa shape index (κ3) is 4.45. The van der Waals surface area contributed by atoms with Crippen LogP contribution in [0, 0.1) is 0 Å². The van der Waals surface area contributed by atoms with Gasteiger partial charge in [-0.2, -0.15) is 0 Å². The van der Waals surface area contributed by atoms with E-state index in [1.165, 1.54) is 0 Å². The summed E-state index contributed by atoms with van der Waals surface area (Å²) in [5.74, 6) is 0.130. The van der Waals surface area contributed by atoms with Gasteiger partial charge < -0.3 is 9.47 Å². The highest BCUT2D eigenvalue weighted by Gasteiger charge is 2.27. The molecule has 142 valence electrons. The molecule has 1 amide bonds. The van der Waals surface area contributed by atoms with Crippen LogP contribution in [0.25, 0.3) is 10.9 Å². The van der Waals surface area contributed by atoms with E-state index < -0.39 is 10.0 Å². The largest absolute Gasteiger partial charge is 0.350 e. The highest BCUT2D eigenvalue weighted by molar-refractivity contribution is 7.88. The number of nitrogens with one attached hydrogen (secondary N) is 1. The van der Waals surface area contributed by atoms with Crippen molar-refractivity contribution in [2.45, 2.75) is 38.1 Å². The van der Waals surface area contributed by atoms with Gasteiger partial charge in [-0.05, 0) is 37.3 Å². The van der Waals surface area contributed by atoms with Gasteiger partial charge >= 0.3 is 0 Å². The van der Waals surface area contributed by atoms with E-state index in [1.54, 1.807) is 0 Å². The summed E-state index contributed by atoms with van der Waals surface area (Å²) < 4.78 is 27.1. The van der Waals surface area contributed by atoms with Crippen LogP contribution in [0.1, 0.15) is 31.2 Å². The minimum Gasteiger partial charge on any atom is -0.350 e. The normalized spacial score (nSPS) is 18.4. The van der Waals surface area contributed by atoms with Crippen LogP contribution >= 0.6 is 0 Å². The Hall–Kier alpha value is -1.86. The smallest absolute Gasteiger partial charge is 0.227 e. The number of likely N-dealkylation sites (tertiary alicyclic amines) is 1. The Kier molecular flexibility index (Phi) is 5.67. The molecule has 0 bridgehead atoms. The zero-order valence-electron chi connectivity index (χ0n) is 15.4. The number of aryl methyl sites for hydroxylation is 1. The van der Waals surface area contributed by atoms with Gasteiger partial charge in [0.25, 0.3) is 0 Å². The standard InChI is InChI=1S/C19H27N3O3S/c1-21-14-15(17-8-3-4-9-18(17)21)13-19(23)22-12-6-5-7-16(22)10-11-20-26(2,24)25/h3-4,8-9,14,16,20H,5-7,10-13H2,1-2H3. The fourth-order valence-electron chi connectivity index (χ4n) is 3.87. The van der Waals surface area contributed by atoms with Crippen LogP contribution in [0.3, 0.4) is 0 Å². The molecule has 0 spiro atoms. The predicted molar refractivity (Wildman–Crippen MR) is 103 cm³/mol. The summed E-state index contributed by atoms with van der Waals surface area (Å²) in [4.78, 5) is 14.9. The number of piperidine rings is 1. The summed E-state index contributed by atoms with van der Waals surface area (Å²) >= 11 is 0. The van der Waals surface area contributed by atoms with E-state index >= 15 is 0 Å². The first-order valence-electron chi connectivity index (χ1n) is 9.12. The van der Waals surface area contributed by atoms with Gasteiger partial charge in [0.15, 0.2) is 0 Å². The number of aromatic nitrogens is 1. The van der Waals surface area contributed by atoms with Crippen LogP contribution in [-0.2, 0) is 28.3 Å². The van der Waals surface area contributed by atoms with E-state index in [0.717, 1.165) is 48.5 Å². The van der Waals surface area contributed by atoms with Gasteiger partial charge in [-0.25, -0.2) is 13.1 Å². The van der Waals surface area contributed by atoms with Crippen LogP contribution in [-0.4, -0.2) is 49.2 Å². The van der Waals surface area contributed by atoms with Crippen LogP contribution in [0.2, 0.25) is 0 Å². The van der Waals surface area contributed by atoms with Gasteiger partial charge in [0.1, 0.15) is 0 Å². The quantitative estimate of drug-likeness (QED) is 0.837. The molecule has 1 fully saturated rings. The van der Waals surface area contributed by atoms with Crippen molar-refractivity contribution in [3.8, 4) is 0 Å². The molecule has 1 saturated heterocycles. The molecule has 0 radical (unpaired) electrons. The first kappa shape index (κ1) is 18.9. The number of benzene rings is 1. The number of sulfonamides is 1. The molecule has 1 N–H and O–H groups in total. The third-order valence-corrected chi connectivity index (χ3v) is 5.84. The van der Waals surface area contributed by atoms with E-state index in [4.69, 9.17) is 0 Å². The molecule has 2 aromatic rings. The molecule has 1 aliphatic heterocycles. The number of nitrogens with zero attached hydrogens (tertiary/aromatic N) is 2. The average Bonchev–Trinajstić information content (AvgIpc) is 2.90. The van der Waals surface area contributed by atoms with Gasteiger partial charge in [-0.1, -0.05) is 18.2 Å². The number of hydrogen-bond acceptors (Lipinski definition) is 3. The number of rotatable bonds is 6. The lowest BCUT2D eigenvalue weighted by Gasteiger charge is -2.36. The van der Waals surface area contributed by atoms with Crippen molar-refractivity contribution in [1.29, 1.82) is 0 Å². The maximum Gasteiger partial charge on any atom is 0.227 e. The van der Waals surface area contributed by atoms with Crippen molar-refractivity contribution in [2.75, 3.05) is 19.3 Å². The molecular weight excluding hydrogens is 350 g/mol. The molecule has 1 atom stereocenters. The second-order valence-corrected chi connectivity index (χ2v) is 8.98. The molecule has 2 heterocycles. The maximum absolute atomic E-state index is 13.0. The molecule has 6 nitrogen and oxygen atoms in total. The molecule has 1 unspecified atom stereocenters. The van der Waals surface area contributed by atoms with E-state index in [9.17, 15) is 13.2 Å². The zero-order valence-corrected chi connectivity index (χ0v) is 16.3. The first-order valence-corrected chi connectivity index (χ1v) is 11.0. The number of fused-ring (bicyclic) bond motifs is 1. The van der Waals surface area contributed by atoms with E-state index in [2.05, 4.69) is 21.4 Å². The van der Waals surface area contributed by atoms with Crippen molar-refractivity contribution < 1.29 is 13.2 Å². The topological polar surface area (TPSA) is 71.4 Å². The Labute approximate surface area is 155 Å². The minimum atomic E-state index is -3.19. The third-order valence-electron chi connectivity index (χ3n) is 5.11. The Morgan fingerprint density at radius 1 is 1.27 bits per heavy atom. The Bertz CT molecular complexity index is 889. The Morgan fingerprint density at radius 3 is 2.81 bits per heavy atom. The molecule has 1 aromatic heterocycles. The highest BCUT2D eigenvalue weighted by atomic mass is 32.2. The van der Waals surface area contributed by atoms with Crippen molar-refractivity contribution in [1.82, 2.24) is 14.2 Å². The lowest BCUT2D eigenvalue weighted by Crippen LogP contribution is -2.45. The van der Waals surface area contributed by atoms with E-state index in [-0.39, 0.29) is 11.9 Å². The number of carbonyl (C=O) groups is 1. The van der Waals surface area contributed by atoms with Crippen LogP contribution in [0.4, 0.5) is 0 Å². The van der Waals surface area contributed by atoms with Gasteiger partial charge in [0, 0.05) is 43.3 Å². The first-order chi connectivity index (χ1) is 12.3. The molecule has 0 aliphatic carbocycles. The predicted octanol–water partition coefficient (Wildman–Crippen LogP) is 2.04. The summed E-state index contributed by atoms with van der Waals surface area (Å²) in [7, 11) is -1.19. The molecule has 7 heteroatoms. The number of amides is 1. The lowest BCUT2D eigenvalue weighted by molar-refractivity contribution is -0.134. The average molecular weight is 378 g/mol. The van der Waals surface area contributed by atoms with Gasteiger partial charge in [-0.3, -0.25) is 4.79 Å². The molecule has 1 aromatic carbocycles. The number of hydrogen-bond donors (Lipinski definition) is 1. The van der Waals surface area contributed by atoms with Crippen molar-refractivity contribution in [3.05, 3.63) is 36.0 Å². The fraction of sp³-hybridized carbons (Fsp3) is 0.526. The van der Waals surface area contributed by atoms with Crippen molar-refractivity contribution in [3.63, 3.8) is 0 Å². The maximum atomic E-state index is 13.0. The molecule has 3 rings (SSSR count). The summed E-state index contributed by atoms with van der Waals surface area (Å²) in [6.07, 6.45) is 7.28. The monoisotopic (exact) mass is 377 g/mol. The Balaban J connectivity index is 1.70. The summed E-state index contributed by atoms with van der Waals surface area (Å²) in [5, 5.41) is 1.12. The van der Waals surface area contributed by atoms with Crippen LogP contribution in [0.5, 0.6) is 0 Å². The van der Waals surface area contributed by atoms with Gasteiger partial charge in [0.2, 0.25) is 15.9 Å². The minimum absolute atomic E-state index is 0.112. The van der Waals surface area contributed by atoms with Gasteiger partial charge in [0.05, 0.1) is 12.7 Å². The SMILES string of the molecule is Cn1cc(CC(=O)N2CCCCC2CCNS(C)(=O)=O)c2ccccc21. The van der Waals surface area contributed by atoms with E-state index in [1.807, 2.05) is 30.3 Å². The van der Waals surface area contributed by atoms with Crippen LogP contribution in [0.15, 0.2) is 30.5 Å². The zero-order chi connectivity index (χ0) is 18.7. The van der Waals surface area contributed by atoms with Crippen molar-refractivity contribution >= 4 is 26.8 Å². The lowest BCUT2D eigenvalue weighted by atomic mass is 9.98. The molecular formula is C19H27N3O3S. The second kappa shape index (κ2) is 7.80. The number of para-hydroxylation sites is 1. The molecule has 26 heavy (non-hydrogen) atoms. The fourth-order valence-corrected chi connectivity index (χ4v) is 4.36. The highest BCUT2D eigenvalue weighted by Crippen LogP contribution is 2.24. The summed E-state index contributed by atoms with van der Waals surface area (Å²) in [5.41, 5.74) is 2.18. The molecule has 0 saturated carbocycles. The number of carbonyl (C=O) groups excluding carboxylic acids is 1. The van der Waals surface area contributed by atoms with E-state index in [0.29, 0.717) is 19.4 Å². The second-order valence-electron chi connectivity index (χ2n) is 7.15.